The minimum atomic E-state index is -0.589. The summed E-state index contributed by atoms with van der Waals surface area (Å²) < 4.78 is 13.3. The smallest absolute Gasteiger partial charge is 0.274 e. The second kappa shape index (κ2) is 4.67. The fraction of sp³-hybridized carbons (Fsp3) is 0.455. The summed E-state index contributed by atoms with van der Waals surface area (Å²) in [6, 6.07) is 3.67. The first kappa shape index (κ1) is 11.8. The van der Waals surface area contributed by atoms with E-state index in [2.05, 4.69) is 0 Å². The molecule has 6 heteroatoms. The first-order valence-corrected chi connectivity index (χ1v) is 5.52. The Hall–Kier alpha value is -1.69. The van der Waals surface area contributed by atoms with Gasteiger partial charge in [0.05, 0.1) is 11.0 Å². The molecule has 0 aliphatic carbocycles. The molecule has 0 radical (unpaired) electrons. The lowest BCUT2D eigenvalue weighted by Gasteiger charge is -2.32. The number of benzene rings is 1. The minimum absolute atomic E-state index is 0.0473. The molecule has 1 heterocycles. The highest BCUT2D eigenvalue weighted by Crippen LogP contribution is 2.25. The van der Waals surface area contributed by atoms with Crippen LogP contribution in [-0.4, -0.2) is 24.1 Å². The van der Waals surface area contributed by atoms with Gasteiger partial charge in [-0.2, -0.15) is 0 Å². The van der Waals surface area contributed by atoms with Gasteiger partial charge < -0.3 is 10.6 Å². The number of nitrogens with zero attached hydrogens (tertiary/aromatic N) is 2. The predicted octanol–water partition coefficient (Wildman–Crippen LogP) is 1.66. The van der Waals surface area contributed by atoms with E-state index in [0.29, 0.717) is 12.2 Å². The van der Waals surface area contributed by atoms with E-state index >= 15 is 0 Å². The third kappa shape index (κ3) is 2.71. The number of anilines is 1. The molecular formula is C11H14FN3O2. The molecule has 1 atom stereocenters. The van der Waals surface area contributed by atoms with Crippen molar-refractivity contribution in [2.45, 2.75) is 18.9 Å². The number of nitro groups is 1. The number of non-ortho nitro benzene ring substituents is 1. The van der Waals surface area contributed by atoms with E-state index in [-0.39, 0.29) is 11.7 Å². The second-order valence-corrected chi connectivity index (χ2v) is 4.27. The van der Waals surface area contributed by atoms with Crippen molar-refractivity contribution in [3.8, 4) is 0 Å². The molecule has 2 rings (SSSR count). The first-order valence-electron chi connectivity index (χ1n) is 5.52. The Kier molecular flexibility index (Phi) is 3.23. The van der Waals surface area contributed by atoms with Crippen molar-refractivity contribution < 1.29 is 9.31 Å². The number of halogens is 1. The van der Waals surface area contributed by atoms with E-state index in [4.69, 9.17) is 5.73 Å². The van der Waals surface area contributed by atoms with Gasteiger partial charge in [-0.25, -0.2) is 4.39 Å². The van der Waals surface area contributed by atoms with Crippen molar-refractivity contribution in [3.05, 3.63) is 34.1 Å². The average molecular weight is 239 g/mol. The summed E-state index contributed by atoms with van der Waals surface area (Å²) in [5.41, 5.74) is 6.14. The summed E-state index contributed by atoms with van der Waals surface area (Å²) in [6.07, 6.45) is 1.86. The van der Waals surface area contributed by atoms with Crippen LogP contribution >= 0.6 is 0 Å². The molecule has 1 fully saturated rings. The normalized spacial score (nSPS) is 20.4. The summed E-state index contributed by atoms with van der Waals surface area (Å²) >= 11 is 0. The third-order valence-corrected chi connectivity index (χ3v) is 2.90. The van der Waals surface area contributed by atoms with E-state index in [1.54, 1.807) is 0 Å². The van der Waals surface area contributed by atoms with Gasteiger partial charge in [-0.15, -0.1) is 0 Å². The van der Waals surface area contributed by atoms with Crippen LogP contribution in [0.2, 0.25) is 0 Å². The van der Waals surface area contributed by atoms with E-state index in [1.807, 2.05) is 4.90 Å². The molecule has 1 aromatic rings. The number of nitro benzene ring substituents is 1. The van der Waals surface area contributed by atoms with Crippen LogP contribution in [0.4, 0.5) is 15.8 Å². The van der Waals surface area contributed by atoms with Crippen molar-refractivity contribution in [1.29, 1.82) is 0 Å². The Balaban J connectivity index is 2.28. The molecule has 1 saturated heterocycles. The molecule has 2 N–H and O–H groups in total. The molecule has 17 heavy (non-hydrogen) atoms. The lowest BCUT2D eigenvalue weighted by Crippen LogP contribution is -2.42. The zero-order valence-corrected chi connectivity index (χ0v) is 9.30. The fourth-order valence-electron chi connectivity index (χ4n) is 2.09. The van der Waals surface area contributed by atoms with Crippen molar-refractivity contribution in [3.63, 3.8) is 0 Å². The minimum Gasteiger partial charge on any atom is -0.370 e. The van der Waals surface area contributed by atoms with Gasteiger partial charge in [0.25, 0.3) is 5.69 Å². The van der Waals surface area contributed by atoms with Gasteiger partial charge in [0.1, 0.15) is 5.82 Å². The molecule has 0 amide bonds. The van der Waals surface area contributed by atoms with Gasteiger partial charge in [0.15, 0.2) is 0 Å². The molecule has 0 aromatic heterocycles. The number of rotatable bonds is 2. The van der Waals surface area contributed by atoms with Gasteiger partial charge in [-0.3, -0.25) is 10.1 Å². The van der Waals surface area contributed by atoms with Gasteiger partial charge in [0.2, 0.25) is 0 Å². The molecule has 0 saturated carbocycles. The molecule has 5 nitrogen and oxygen atoms in total. The maximum Gasteiger partial charge on any atom is 0.274 e. The molecule has 0 spiro atoms. The molecule has 1 aliphatic rings. The topological polar surface area (TPSA) is 72.4 Å². The fourth-order valence-corrected chi connectivity index (χ4v) is 2.09. The Bertz CT molecular complexity index is 439. The zero-order valence-electron chi connectivity index (χ0n) is 9.30. The quantitative estimate of drug-likeness (QED) is 0.629. The van der Waals surface area contributed by atoms with Crippen LogP contribution < -0.4 is 10.6 Å². The monoisotopic (exact) mass is 239 g/mol. The summed E-state index contributed by atoms with van der Waals surface area (Å²) in [6.45, 7) is 1.37. The van der Waals surface area contributed by atoms with Crippen LogP contribution in [0.3, 0.4) is 0 Å². The molecule has 0 bridgehead atoms. The lowest BCUT2D eigenvalue weighted by molar-refractivity contribution is -0.385. The van der Waals surface area contributed by atoms with Gasteiger partial charge in [-0.1, -0.05) is 0 Å². The highest BCUT2D eigenvalue weighted by Gasteiger charge is 2.19. The Labute approximate surface area is 98.2 Å². The lowest BCUT2D eigenvalue weighted by atomic mass is 10.1. The highest BCUT2D eigenvalue weighted by molar-refractivity contribution is 5.54. The molecule has 1 aromatic carbocycles. The maximum absolute atomic E-state index is 13.3. The molecular weight excluding hydrogens is 225 g/mol. The van der Waals surface area contributed by atoms with E-state index in [1.165, 1.54) is 12.1 Å². The average Bonchev–Trinajstić information content (AvgIpc) is 2.28. The largest absolute Gasteiger partial charge is 0.370 e. The predicted molar refractivity (Wildman–Crippen MR) is 62.5 cm³/mol. The van der Waals surface area contributed by atoms with Crippen LogP contribution in [-0.2, 0) is 0 Å². The SMILES string of the molecule is NC1CCCN(c2cc(F)cc([N+](=O)[O-])c2)C1. The van der Waals surface area contributed by atoms with Gasteiger partial charge in [-0.05, 0) is 18.9 Å². The first-order chi connectivity index (χ1) is 8.06. The van der Waals surface area contributed by atoms with Crippen LogP contribution in [0.25, 0.3) is 0 Å². The van der Waals surface area contributed by atoms with E-state index in [0.717, 1.165) is 25.5 Å². The summed E-state index contributed by atoms with van der Waals surface area (Å²) in [4.78, 5) is 12.0. The van der Waals surface area contributed by atoms with Crippen LogP contribution in [0.1, 0.15) is 12.8 Å². The molecule has 1 unspecified atom stereocenters. The van der Waals surface area contributed by atoms with Crippen LogP contribution in [0.15, 0.2) is 18.2 Å². The van der Waals surface area contributed by atoms with Crippen LogP contribution in [0.5, 0.6) is 0 Å². The third-order valence-electron chi connectivity index (χ3n) is 2.90. The summed E-state index contributed by atoms with van der Waals surface area (Å²) in [5, 5.41) is 10.6. The van der Waals surface area contributed by atoms with Crippen molar-refractivity contribution in [2.24, 2.45) is 5.73 Å². The molecule has 92 valence electrons. The zero-order chi connectivity index (χ0) is 12.4. The number of hydrogen-bond acceptors (Lipinski definition) is 4. The second-order valence-electron chi connectivity index (χ2n) is 4.27. The van der Waals surface area contributed by atoms with E-state index < -0.39 is 10.7 Å². The number of piperidine rings is 1. The van der Waals surface area contributed by atoms with Gasteiger partial charge in [0, 0.05) is 30.9 Å². The standard InChI is InChI=1S/C11H14FN3O2/c12-8-4-10(6-11(5-8)15(16)17)14-3-1-2-9(13)7-14/h4-6,9H,1-3,7,13H2. The Morgan fingerprint density at radius 1 is 1.47 bits per heavy atom. The van der Waals surface area contributed by atoms with Crippen molar-refractivity contribution in [2.75, 3.05) is 18.0 Å². The number of nitrogens with two attached hydrogens (primary N) is 1. The molecule has 1 aliphatic heterocycles. The van der Waals surface area contributed by atoms with Crippen LogP contribution in [0, 0.1) is 15.9 Å². The Morgan fingerprint density at radius 2 is 2.24 bits per heavy atom. The highest BCUT2D eigenvalue weighted by atomic mass is 19.1. The Morgan fingerprint density at radius 3 is 2.88 bits per heavy atom. The number of hydrogen-bond donors (Lipinski definition) is 1. The van der Waals surface area contributed by atoms with Gasteiger partial charge >= 0.3 is 0 Å². The summed E-state index contributed by atoms with van der Waals surface area (Å²) in [5.74, 6) is -0.589. The van der Waals surface area contributed by atoms with Crippen molar-refractivity contribution >= 4 is 11.4 Å². The summed E-state index contributed by atoms with van der Waals surface area (Å²) in [7, 11) is 0. The van der Waals surface area contributed by atoms with E-state index in [9.17, 15) is 14.5 Å². The van der Waals surface area contributed by atoms with Crippen molar-refractivity contribution in [1.82, 2.24) is 0 Å². The maximum atomic E-state index is 13.3.